The number of hydrogen-bond donors (Lipinski definition) is 1. The van der Waals surface area contributed by atoms with Crippen molar-refractivity contribution in [2.75, 3.05) is 20.8 Å². The molecule has 2 aromatic rings. The van der Waals surface area contributed by atoms with Crippen LogP contribution in [-0.4, -0.2) is 31.9 Å². The van der Waals surface area contributed by atoms with Crippen molar-refractivity contribution < 1.29 is 24.1 Å². The molecule has 0 aliphatic carbocycles. The van der Waals surface area contributed by atoms with Crippen LogP contribution in [-0.2, 0) is 15.1 Å². The second-order valence-corrected chi connectivity index (χ2v) is 5.66. The van der Waals surface area contributed by atoms with Gasteiger partial charge >= 0.3 is 5.97 Å². The van der Waals surface area contributed by atoms with Crippen LogP contribution in [0.15, 0.2) is 48.5 Å². The predicted molar refractivity (Wildman–Crippen MR) is 94.9 cm³/mol. The molecule has 5 heteroatoms. The van der Waals surface area contributed by atoms with Crippen LogP contribution in [0.1, 0.15) is 30.9 Å². The van der Waals surface area contributed by atoms with E-state index >= 15 is 0 Å². The number of benzene rings is 2. The first-order valence-electron chi connectivity index (χ1n) is 8.25. The van der Waals surface area contributed by atoms with Crippen LogP contribution in [0.25, 0.3) is 0 Å². The fraction of sp³-hybridized carbons (Fsp3) is 0.350. The van der Waals surface area contributed by atoms with E-state index in [0.717, 1.165) is 12.8 Å². The minimum absolute atomic E-state index is 0.268. The van der Waals surface area contributed by atoms with E-state index < -0.39 is 11.6 Å². The summed E-state index contributed by atoms with van der Waals surface area (Å²) in [7, 11) is 3.12. The molecule has 2 aromatic carbocycles. The van der Waals surface area contributed by atoms with Gasteiger partial charge < -0.3 is 19.3 Å². The molecule has 1 N–H and O–H groups in total. The number of aliphatic hydroxyl groups is 1. The van der Waals surface area contributed by atoms with E-state index in [-0.39, 0.29) is 6.61 Å². The normalized spacial score (nSPS) is 11.0. The number of carbonyl (C=O) groups is 1. The second-order valence-electron chi connectivity index (χ2n) is 5.66. The van der Waals surface area contributed by atoms with Gasteiger partial charge in [0.1, 0.15) is 11.5 Å². The van der Waals surface area contributed by atoms with Crippen LogP contribution in [0.5, 0.6) is 11.5 Å². The van der Waals surface area contributed by atoms with Crippen LogP contribution < -0.4 is 9.47 Å². The zero-order valence-electron chi connectivity index (χ0n) is 14.8. The lowest BCUT2D eigenvalue weighted by Gasteiger charge is -2.27. The molecule has 0 amide bonds. The van der Waals surface area contributed by atoms with E-state index in [2.05, 4.69) is 0 Å². The van der Waals surface area contributed by atoms with E-state index in [4.69, 9.17) is 14.2 Å². The minimum Gasteiger partial charge on any atom is -0.497 e. The van der Waals surface area contributed by atoms with E-state index in [1.165, 1.54) is 0 Å². The maximum Gasteiger partial charge on any atom is 0.347 e. The molecular formula is C20H24O5. The molecule has 25 heavy (non-hydrogen) atoms. The summed E-state index contributed by atoms with van der Waals surface area (Å²) in [4.78, 5) is 12.7. The van der Waals surface area contributed by atoms with Crippen molar-refractivity contribution >= 4 is 5.97 Å². The fourth-order valence-corrected chi connectivity index (χ4v) is 2.48. The maximum atomic E-state index is 12.7. The molecule has 0 saturated carbocycles. The Morgan fingerprint density at radius 1 is 0.920 bits per heavy atom. The van der Waals surface area contributed by atoms with Gasteiger partial charge in [-0.2, -0.15) is 0 Å². The Balaban J connectivity index is 2.42. The zero-order valence-corrected chi connectivity index (χ0v) is 14.8. The largest absolute Gasteiger partial charge is 0.497 e. The van der Waals surface area contributed by atoms with Crippen LogP contribution in [0.3, 0.4) is 0 Å². The number of hydrogen-bond acceptors (Lipinski definition) is 5. The molecule has 0 aromatic heterocycles. The molecule has 0 saturated heterocycles. The lowest BCUT2D eigenvalue weighted by atomic mass is 9.86. The molecule has 0 bridgehead atoms. The highest BCUT2D eigenvalue weighted by Crippen LogP contribution is 2.33. The summed E-state index contributed by atoms with van der Waals surface area (Å²) in [6.07, 6.45) is 1.64. The predicted octanol–water partition coefficient (Wildman–Crippen LogP) is 3.28. The van der Waals surface area contributed by atoms with Crippen LogP contribution in [0.4, 0.5) is 0 Å². The highest BCUT2D eigenvalue weighted by atomic mass is 16.5. The summed E-state index contributed by atoms with van der Waals surface area (Å²) in [5, 5.41) is 11.3. The zero-order chi connectivity index (χ0) is 18.3. The number of methoxy groups -OCH3 is 2. The number of rotatable bonds is 8. The molecule has 2 rings (SSSR count). The summed E-state index contributed by atoms with van der Waals surface area (Å²) in [6.45, 7) is 2.27. The number of ether oxygens (including phenoxy) is 3. The fourth-order valence-electron chi connectivity index (χ4n) is 2.48. The van der Waals surface area contributed by atoms with E-state index in [1.54, 1.807) is 62.8 Å². The third-order valence-electron chi connectivity index (χ3n) is 4.04. The van der Waals surface area contributed by atoms with Crippen molar-refractivity contribution in [2.24, 2.45) is 0 Å². The Labute approximate surface area is 148 Å². The lowest BCUT2D eigenvalue weighted by Crippen LogP contribution is -2.38. The molecule has 0 aliphatic rings. The van der Waals surface area contributed by atoms with Crippen molar-refractivity contribution in [2.45, 2.75) is 25.4 Å². The summed E-state index contributed by atoms with van der Waals surface area (Å²) in [5.74, 6) is 0.580. The molecule has 0 radical (unpaired) electrons. The lowest BCUT2D eigenvalue weighted by molar-refractivity contribution is -0.162. The van der Waals surface area contributed by atoms with Crippen LogP contribution in [0, 0.1) is 0 Å². The van der Waals surface area contributed by atoms with E-state index in [0.29, 0.717) is 22.6 Å². The first-order chi connectivity index (χ1) is 12.1. The Bertz CT molecular complexity index is 629. The SMILES string of the molecule is CCCCOC(=O)C(O)(c1ccc(OC)cc1)c1ccc(OC)cc1. The smallest absolute Gasteiger partial charge is 0.347 e. The van der Waals surface area contributed by atoms with E-state index in [9.17, 15) is 9.90 Å². The average molecular weight is 344 g/mol. The molecule has 0 spiro atoms. The quantitative estimate of drug-likeness (QED) is 0.588. The molecule has 134 valence electrons. The standard InChI is InChI=1S/C20H24O5/c1-4-5-14-25-19(21)20(22,15-6-10-17(23-2)11-7-15)16-8-12-18(24-3)13-9-16/h6-13,22H,4-5,14H2,1-3H3. The van der Waals surface area contributed by atoms with Gasteiger partial charge in [-0.25, -0.2) is 4.79 Å². The van der Waals surface area contributed by atoms with Crippen LogP contribution >= 0.6 is 0 Å². The summed E-state index contributed by atoms with van der Waals surface area (Å²) in [5.41, 5.74) is -1.06. The van der Waals surface area contributed by atoms with Gasteiger partial charge in [0.25, 0.3) is 0 Å². The highest BCUT2D eigenvalue weighted by Gasteiger charge is 2.41. The van der Waals surface area contributed by atoms with Crippen molar-refractivity contribution in [3.63, 3.8) is 0 Å². The molecule has 0 aliphatic heterocycles. The van der Waals surface area contributed by atoms with Gasteiger partial charge in [-0.3, -0.25) is 0 Å². The van der Waals surface area contributed by atoms with Crippen molar-refractivity contribution in [3.05, 3.63) is 59.7 Å². The third-order valence-corrected chi connectivity index (χ3v) is 4.04. The van der Waals surface area contributed by atoms with Crippen molar-refractivity contribution in [1.82, 2.24) is 0 Å². The Hall–Kier alpha value is -2.53. The first-order valence-corrected chi connectivity index (χ1v) is 8.25. The summed E-state index contributed by atoms with van der Waals surface area (Å²) < 4.78 is 15.6. The second kappa shape index (κ2) is 8.53. The van der Waals surface area contributed by atoms with Gasteiger partial charge in [-0.15, -0.1) is 0 Å². The van der Waals surface area contributed by atoms with Gasteiger partial charge in [-0.1, -0.05) is 37.6 Å². The third kappa shape index (κ3) is 4.12. The molecule has 0 unspecified atom stereocenters. The Kier molecular flexibility index (Phi) is 6.42. The maximum absolute atomic E-state index is 12.7. The van der Waals surface area contributed by atoms with Crippen molar-refractivity contribution in [1.29, 1.82) is 0 Å². The molecule has 5 nitrogen and oxygen atoms in total. The molecule has 0 heterocycles. The first kappa shape index (κ1) is 18.8. The van der Waals surface area contributed by atoms with Gasteiger partial charge in [0.05, 0.1) is 20.8 Å². The average Bonchev–Trinajstić information content (AvgIpc) is 2.67. The van der Waals surface area contributed by atoms with Gasteiger partial charge in [-0.05, 0) is 41.8 Å². The molecular weight excluding hydrogens is 320 g/mol. The monoisotopic (exact) mass is 344 g/mol. The number of carbonyl (C=O) groups excluding carboxylic acids is 1. The van der Waals surface area contributed by atoms with Gasteiger partial charge in [0.2, 0.25) is 5.60 Å². The summed E-state index contributed by atoms with van der Waals surface area (Å²) in [6, 6.07) is 13.4. The summed E-state index contributed by atoms with van der Waals surface area (Å²) >= 11 is 0. The number of esters is 1. The van der Waals surface area contributed by atoms with Crippen molar-refractivity contribution in [3.8, 4) is 11.5 Å². The Morgan fingerprint density at radius 2 is 1.36 bits per heavy atom. The van der Waals surface area contributed by atoms with Gasteiger partial charge in [0, 0.05) is 0 Å². The minimum atomic E-state index is -1.90. The highest BCUT2D eigenvalue weighted by molar-refractivity contribution is 5.85. The Morgan fingerprint density at radius 3 is 1.72 bits per heavy atom. The van der Waals surface area contributed by atoms with E-state index in [1.807, 2.05) is 6.92 Å². The number of unbranched alkanes of at least 4 members (excludes halogenated alkanes) is 1. The van der Waals surface area contributed by atoms with Gasteiger partial charge in [0.15, 0.2) is 0 Å². The molecule has 0 fully saturated rings. The topological polar surface area (TPSA) is 65.0 Å². The van der Waals surface area contributed by atoms with Crippen LogP contribution in [0.2, 0.25) is 0 Å². The molecule has 0 atom stereocenters.